The van der Waals surface area contributed by atoms with E-state index in [2.05, 4.69) is 15.5 Å². The van der Waals surface area contributed by atoms with Gasteiger partial charge in [-0.15, -0.1) is 0 Å². The Morgan fingerprint density at radius 2 is 1.81 bits per heavy atom. The number of ether oxygens (including phenoxy) is 3. The van der Waals surface area contributed by atoms with Crippen molar-refractivity contribution in [3.63, 3.8) is 0 Å². The summed E-state index contributed by atoms with van der Waals surface area (Å²) in [5.74, 6) is 1.64. The lowest BCUT2D eigenvalue weighted by molar-refractivity contribution is 0.0951. The Balaban J connectivity index is 1.70. The number of nitrogens with zero attached hydrogens (tertiary/aromatic N) is 1. The topological polar surface area (TPSA) is 84.9 Å². The van der Waals surface area contributed by atoms with Gasteiger partial charge < -0.3 is 19.2 Å². The molecule has 0 saturated heterocycles. The number of hydrogen-bond acceptors (Lipinski definition) is 5. The first-order valence-corrected chi connectivity index (χ1v) is 8.45. The predicted molar refractivity (Wildman–Crippen MR) is 104 cm³/mol. The number of carbonyl (C=O) groups excluding carboxylic acids is 1. The molecule has 0 aliphatic heterocycles. The fraction of sp³-hybridized carbons (Fsp3) is 0.200. The van der Waals surface area contributed by atoms with Crippen molar-refractivity contribution in [3.8, 4) is 17.2 Å². The number of carbonyl (C=O) groups is 1. The first-order valence-electron chi connectivity index (χ1n) is 8.45. The van der Waals surface area contributed by atoms with Crippen molar-refractivity contribution in [1.29, 1.82) is 0 Å². The van der Waals surface area contributed by atoms with Crippen molar-refractivity contribution in [3.05, 3.63) is 53.7 Å². The normalized spacial score (nSPS) is 10.9. The van der Waals surface area contributed by atoms with Gasteiger partial charge in [-0.25, -0.2) is 5.43 Å². The molecule has 1 aromatic heterocycles. The summed E-state index contributed by atoms with van der Waals surface area (Å²) < 4.78 is 15.9. The number of aromatic amines is 1. The maximum absolute atomic E-state index is 12.3. The molecule has 3 rings (SSSR count). The van der Waals surface area contributed by atoms with E-state index in [1.165, 1.54) is 0 Å². The second kappa shape index (κ2) is 8.27. The molecule has 0 aliphatic carbocycles. The van der Waals surface area contributed by atoms with Crippen LogP contribution in [0, 0.1) is 0 Å². The Morgan fingerprint density at radius 3 is 2.48 bits per heavy atom. The van der Waals surface area contributed by atoms with Crippen LogP contribution in [0.5, 0.6) is 17.2 Å². The van der Waals surface area contributed by atoms with Gasteiger partial charge >= 0.3 is 0 Å². The van der Waals surface area contributed by atoms with E-state index < -0.39 is 0 Å². The summed E-state index contributed by atoms with van der Waals surface area (Å²) in [6, 6.07) is 12.8. The first kappa shape index (κ1) is 18.3. The zero-order valence-corrected chi connectivity index (χ0v) is 15.4. The summed E-state index contributed by atoms with van der Waals surface area (Å²) in [5, 5.41) is 4.84. The molecule has 2 N–H and O–H groups in total. The van der Waals surface area contributed by atoms with Crippen LogP contribution in [0.2, 0.25) is 0 Å². The molecule has 2 aromatic carbocycles. The van der Waals surface area contributed by atoms with Gasteiger partial charge in [0.15, 0.2) is 11.5 Å². The second-order valence-corrected chi connectivity index (χ2v) is 5.68. The van der Waals surface area contributed by atoms with Crippen LogP contribution < -0.4 is 19.6 Å². The van der Waals surface area contributed by atoms with E-state index in [9.17, 15) is 4.79 Å². The van der Waals surface area contributed by atoms with Crippen LogP contribution >= 0.6 is 0 Å². The lowest BCUT2D eigenvalue weighted by Crippen LogP contribution is -2.17. The zero-order chi connectivity index (χ0) is 19.2. The van der Waals surface area contributed by atoms with Crippen molar-refractivity contribution in [2.75, 3.05) is 20.8 Å². The van der Waals surface area contributed by atoms with E-state index in [0.29, 0.717) is 23.8 Å². The van der Waals surface area contributed by atoms with E-state index in [1.807, 2.05) is 37.3 Å². The number of amides is 1. The number of methoxy groups -OCH3 is 2. The number of nitrogens with one attached hydrogen (secondary N) is 2. The van der Waals surface area contributed by atoms with E-state index in [-0.39, 0.29) is 5.91 Å². The average Bonchev–Trinajstić information content (AvgIpc) is 3.11. The number of benzene rings is 2. The minimum atomic E-state index is -0.341. The molecule has 0 aliphatic rings. The van der Waals surface area contributed by atoms with Crippen LogP contribution in [-0.4, -0.2) is 37.9 Å². The van der Waals surface area contributed by atoms with Crippen LogP contribution in [0.3, 0.4) is 0 Å². The average molecular weight is 367 g/mol. The Morgan fingerprint density at radius 1 is 1.11 bits per heavy atom. The molecule has 0 bridgehead atoms. The molecule has 0 atom stereocenters. The first-order chi connectivity index (χ1) is 13.1. The van der Waals surface area contributed by atoms with Gasteiger partial charge in [-0.2, -0.15) is 5.10 Å². The molecular formula is C20H21N3O4. The Labute approximate surface area is 156 Å². The molecule has 0 fully saturated rings. The highest BCUT2D eigenvalue weighted by Crippen LogP contribution is 2.32. The monoisotopic (exact) mass is 367 g/mol. The summed E-state index contributed by atoms with van der Waals surface area (Å²) in [6.07, 6.45) is 1.57. The quantitative estimate of drug-likeness (QED) is 0.495. The number of H-pyrrole nitrogens is 1. The third-order valence-electron chi connectivity index (χ3n) is 3.94. The van der Waals surface area contributed by atoms with Crippen LogP contribution in [-0.2, 0) is 0 Å². The van der Waals surface area contributed by atoms with E-state index in [4.69, 9.17) is 14.2 Å². The van der Waals surface area contributed by atoms with Crippen molar-refractivity contribution < 1.29 is 19.0 Å². The molecule has 0 saturated carbocycles. The smallest absolute Gasteiger partial charge is 0.287 e. The van der Waals surface area contributed by atoms with Crippen molar-refractivity contribution in [1.82, 2.24) is 10.4 Å². The summed E-state index contributed by atoms with van der Waals surface area (Å²) in [5.41, 5.74) is 4.53. The zero-order valence-electron chi connectivity index (χ0n) is 15.4. The second-order valence-electron chi connectivity index (χ2n) is 5.68. The van der Waals surface area contributed by atoms with Gasteiger partial charge in [-0.3, -0.25) is 4.79 Å². The van der Waals surface area contributed by atoms with Crippen LogP contribution in [0.1, 0.15) is 23.0 Å². The molecule has 1 amide bonds. The maximum Gasteiger partial charge on any atom is 0.287 e. The molecule has 27 heavy (non-hydrogen) atoms. The van der Waals surface area contributed by atoms with Crippen LogP contribution in [0.4, 0.5) is 0 Å². The van der Waals surface area contributed by atoms with Gasteiger partial charge in [0.2, 0.25) is 0 Å². The SMILES string of the molecule is CCOc1ccc(/C=N\NC(=O)c2cc3cc(OC)c(OC)cc3[nH]2)cc1. The Kier molecular flexibility index (Phi) is 5.61. The van der Waals surface area contributed by atoms with Crippen molar-refractivity contribution in [2.45, 2.75) is 6.92 Å². The van der Waals surface area contributed by atoms with Gasteiger partial charge in [0, 0.05) is 17.0 Å². The number of rotatable bonds is 7. The van der Waals surface area contributed by atoms with Gasteiger partial charge in [0.25, 0.3) is 5.91 Å². The number of aromatic nitrogens is 1. The highest BCUT2D eigenvalue weighted by Gasteiger charge is 2.12. The fourth-order valence-corrected chi connectivity index (χ4v) is 2.62. The van der Waals surface area contributed by atoms with Crippen molar-refractivity contribution in [2.24, 2.45) is 5.10 Å². The highest BCUT2D eigenvalue weighted by molar-refractivity contribution is 5.99. The minimum Gasteiger partial charge on any atom is -0.494 e. The van der Waals surface area contributed by atoms with Gasteiger partial charge in [0.1, 0.15) is 11.4 Å². The summed E-state index contributed by atoms with van der Waals surface area (Å²) in [6.45, 7) is 2.55. The molecule has 0 spiro atoms. The third-order valence-corrected chi connectivity index (χ3v) is 3.94. The highest BCUT2D eigenvalue weighted by atomic mass is 16.5. The lowest BCUT2D eigenvalue weighted by Gasteiger charge is -2.06. The predicted octanol–water partition coefficient (Wildman–Crippen LogP) is 3.35. The molecular weight excluding hydrogens is 346 g/mol. The number of fused-ring (bicyclic) bond motifs is 1. The largest absolute Gasteiger partial charge is 0.494 e. The maximum atomic E-state index is 12.3. The lowest BCUT2D eigenvalue weighted by atomic mass is 10.2. The van der Waals surface area contributed by atoms with Gasteiger partial charge in [-0.05, 0) is 48.9 Å². The standard InChI is InChI=1S/C20H21N3O4/c1-4-27-15-7-5-13(6-8-15)12-21-23-20(24)17-9-14-10-18(25-2)19(26-3)11-16(14)22-17/h5-12,22H,4H2,1-3H3,(H,23,24)/b21-12-. The minimum absolute atomic E-state index is 0.341. The number of hydrazone groups is 1. The van der Waals surface area contributed by atoms with Crippen LogP contribution in [0.15, 0.2) is 47.6 Å². The Bertz CT molecular complexity index is 920. The fourth-order valence-electron chi connectivity index (χ4n) is 2.62. The van der Waals surface area contributed by atoms with Gasteiger partial charge in [0.05, 0.1) is 27.0 Å². The van der Waals surface area contributed by atoms with Gasteiger partial charge in [-0.1, -0.05) is 0 Å². The molecule has 7 nitrogen and oxygen atoms in total. The Hall–Kier alpha value is -3.48. The van der Waals surface area contributed by atoms with E-state index in [1.54, 1.807) is 32.6 Å². The molecule has 3 aromatic rings. The molecule has 0 radical (unpaired) electrons. The van der Waals surface area contributed by atoms with Crippen LogP contribution in [0.25, 0.3) is 10.9 Å². The summed E-state index contributed by atoms with van der Waals surface area (Å²) in [4.78, 5) is 15.4. The molecule has 0 unspecified atom stereocenters. The van der Waals surface area contributed by atoms with E-state index in [0.717, 1.165) is 22.2 Å². The molecule has 1 heterocycles. The van der Waals surface area contributed by atoms with E-state index >= 15 is 0 Å². The van der Waals surface area contributed by atoms with Crippen molar-refractivity contribution >= 4 is 23.0 Å². The molecule has 140 valence electrons. The third kappa shape index (κ3) is 4.20. The number of hydrogen-bond donors (Lipinski definition) is 2. The molecule has 7 heteroatoms. The summed E-state index contributed by atoms with van der Waals surface area (Å²) >= 11 is 0. The summed E-state index contributed by atoms with van der Waals surface area (Å²) in [7, 11) is 3.13.